The van der Waals surface area contributed by atoms with Gasteiger partial charge in [0.2, 0.25) is 5.88 Å². The van der Waals surface area contributed by atoms with Crippen molar-refractivity contribution >= 4 is 34.7 Å². The Labute approximate surface area is 289 Å². The normalized spacial score (nSPS) is 24.0. The maximum Gasteiger partial charge on any atom is 0.271 e. The van der Waals surface area contributed by atoms with E-state index < -0.39 is 22.9 Å². The molecule has 254 valence electrons. The molecule has 0 spiro atoms. The topological polar surface area (TPSA) is 136 Å². The molecular formula is C35H39Cl2N5O6. The summed E-state index contributed by atoms with van der Waals surface area (Å²) in [7, 11) is 3.10. The number of carbonyl (C=O) groups is 1. The van der Waals surface area contributed by atoms with E-state index in [2.05, 4.69) is 20.9 Å². The monoisotopic (exact) mass is 695 g/mol. The molecule has 3 aliphatic rings. The quantitative estimate of drug-likeness (QED) is 0.208. The summed E-state index contributed by atoms with van der Waals surface area (Å²) in [5.74, 6) is 0.399. The molecule has 0 bridgehead atoms. The first-order chi connectivity index (χ1) is 23.3. The van der Waals surface area contributed by atoms with Gasteiger partial charge in [-0.15, -0.1) is 11.6 Å². The SMILES string of the molecule is COc1cc(C(=O)NC2(c3ccc(CNC4COC4)c(OC)n3)C=CC=C(c3ccccc3Cl)C2Cl)ncc1CN[C@@H]1CCOC[C@H]1O. The number of benzene rings is 1. The molecule has 0 radical (unpaired) electrons. The van der Waals surface area contributed by atoms with Crippen LogP contribution in [-0.2, 0) is 28.1 Å². The minimum atomic E-state index is -1.32. The van der Waals surface area contributed by atoms with E-state index in [1.54, 1.807) is 25.4 Å². The molecule has 1 aromatic carbocycles. The molecule has 11 nitrogen and oxygen atoms in total. The number of aromatic nitrogens is 2. The number of hydrogen-bond donors (Lipinski definition) is 4. The fourth-order valence-electron chi connectivity index (χ4n) is 6.01. The molecule has 2 unspecified atom stereocenters. The number of rotatable bonds is 12. The van der Waals surface area contributed by atoms with Gasteiger partial charge in [0.25, 0.3) is 5.91 Å². The van der Waals surface area contributed by atoms with E-state index in [4.69, 9.17) is 47.1 Å². The van der Waals surface area contributed by atoms with Crippen molar-refractivity contribution in [2.75, 3.05) is 40.6 Å². The van der Waals surface area contributed by atoms with Crippen molar-refractivity contribution in [3.63, 3.8) is 0 Å². The van der Waals surface area contributed by atoms with Crippen molar-refractivity contribution in [3.05, 3.63) is 100.0 Å². The van der Waals surface area contributed by atoms with Gasteiger partial charge in [-0.25, -0.2) is 4.98 Å². The Morgan fingerprint density at radius 1 is 1.06 bits per heavy atom. The highest BCUT2D eigenvalue weighted by molar-refractivity contribution is 6.34. The summed E-state index contributed by atoms with van der Waals surface area (Å²) in [4.78, 5) is 23.5. The standard InChI is InChI=1S/C35H39Cl2N5O6/c1-45-30-14-28(40-17-22(30)16-39-27-11-13-47-20-29(27)43)33(44)42-35(12-5-7-25(32(35)37)24-6-3-4-8-26(24)36)31-10-9-21(34(41-31)46-2)15-38-23-18-48-19-23/h3-10,12,14,17,23,27,29,32,38-39,43H,11,13,15-16,18-20H2,1-2H3,(H,42,44)/t27-,29-,32?,35?/m1/s1. The van der Waals surface area contributed by atoms with Crippen molar-refractivity contribution in [1.29, 1.82) is 0 Å². The van der Waals surface area contributed by atoms with Crippen LogP contribution in [0, 0.1) is 0 Å². The van der Waals surface area contributed by atoms with Crippen LogP contribution >= 0.6 is 23.2 Å². The minimum Gasteiger partial charge on any atom is -0.496 e. The van der Waals surface area contributed by atoms with Gasteiger partial charge < -0.3 is 40.0 Å². The van der Waals surface area contributed by atoms with E-state index in [1.807, 2.05) is 48.6 Å². The number of allylic oxidation sites excluding steroid dienone is 2. The van der Waals surface area contributed by atoms with Crippen molar-refractivity contribution in [3.8, 4) is 11.6 Å². The Hall–Kier alpha value is -3.55. The smallest absolute Gasteiger partial charge is 0.271 e. The molecule has 2 aliphatic heterocycles. The number of nitrogens with zero attached hydrogens (tertiary/aromatic N) is 2. The summed E-state index contributed by atoms with van der Waals surface area (Å²) in [5.41, 5.74) is 2.32. The maximum atomic E-state index is 14.1. The maximum absolute atomic E-state index is 14.1. The summed E-state index contributed by atoms with van der Waals surface area (Å²) in [6.45, 7) is 3.11. The summed E-state index contributed by atoms with van der Waals surface area (Å²) in [5, 5.41) is 19.9. The molecule has 4 atom stereocenters. The van der Waals surface area contributed by atoms with E-state index in [0.29, 0.717) is 67.3 Å². The number of pyridine rings is 2. The van der Waals surface area contributed by atoms with Crippen LogP contribution in [-0.4, -0.2) is 85.2 Å². The van der Waals surface area contributed by atoms with Crippen LogP contribution in [0.25, 0.3) is 5.57 Å². The predicted molar refractivity (Wildman–Crippen MR) is 182 cm³/mol. The molecule has 4 heterocycles. The number of alkyl halides is 1. The fraction of sp³-hybridized carbons (Fsp3) is 0.400. The number of aliphatic hydroxyl groups is 1. The molecule has 2 fully saturated rings. The Kier molecular flexibility index (Phi) is 11.0. The van der Waals surface area contributed by atoms with Gasteiger partial charge in [0.1, 0.15) is 17.0 Å². The minimum absolute atomic E-state index is 0.121. The molecule has 13 heteroatoms. The van der Waals surface area contributed by atoms with Gasteiger partial charge in [-0.05, 0) is 29.7 Å². The third kappa shape index (κ3) is 7.23. The highest BCUT2D eigenvalue weighted by Gasteiger charge is 2.45. The summed E-state index contributed by atoms with van der Waals surface area (Å²) in [6, 6.07) is 12.9. The Balaban J connectivity index is 1.31. The van der Waals surface area contributed by atoms with E-state index in [-0.39, 0.29) is 24.4 Å². The first-order valence-electron chi connectivity index (χ1n) is 15.8. The molecule has 2 aromatic heterocycles. The zero-order valence-corrected chi connectivity index (χ0v) is 28.3. The molecule has 6 rings (SSSR count). The third-order valence-corrected chi connectivity index (χ3v) is 9.77. The van der Waals surface area contributed by atoms with Gasteiger partial charge in [-0.1, -0.05) is 54.1 Å². The first-order valence-corrected chi connectivity index (χ1v) is 16.6. The fourth-order valence-corrected chi connectivity index (χ4v) is 6.68. The summed E-state index contributed by atoms with van der Waals surface area (Å²) < 4.78 is 22.0. The molecule has 2 saturated heterocycles. The molecule has 0 saturated carbocycles. The average molecular weight is 697 g/mol. The lowest BCUT2D eigenvalue weighted by atomic mass is 9.80. The van der Waals surface area contributed by atoms with Crippen molar-refractivity contribution in [1.82, 2.24) is 25.9 Å². The molecule has 1 aliphatic carbocycles. The zero-order valence-electron chi connectivity index (χ0n) is 26.7. The van der Waals surface area contributed by atoms with Crippen LogP contribution in [0.3, 0.4) is 0 Å². The second-order valence-electron chi connectivity index (χ2n) is 11.9. The number of aliphatic hydroxyl groups excluding tert-OH is 1. The highest BCUT2D eigenvalue weighted by Crippen LogP contribution is 2.43. The lowest BCUT2D eigenvalue weighted by Crippen LogP contribution is -2.52. The van der Waals surface area contributed by atoms with Gasteiger partial charge in [0.15, 0.2) is 0 Å². The van der Waals surface area contributed by atoms with Gasteiger partial charge in [0, 0.05) is 54.2 Å². The van der Waals surface area contributed by atoms with Crippen molar-refractivity contribution in [2.24, 2.45) is 0 Å². The number of nitrogens with one attached hydrogen (secondary N) is 3. The average Bonchev–Trinajstić information content (AvgIpc) is 3.08. The predicted octanol–water partition coefficient (Wildman–Crippen LogP) is 3.76. The third-order valence-electron chi connectivity index (χ3n) is 8.87. The molecule has 1 amide bonds. The lowest BCUT2D eigenvalue weighted by Gasteiger charge is -2.39. The van der Waals surface area contributed by atoms with Crippen LogP contribution < -0.4 is 25.4 Å². The van der Waals surface area contributed by atoms with Crippen LogP contribution in [0.2, 0.25) is 5.02 Å². The van der Waals surface area contributed by atoms with Gasteiger partial charge in [0.05, 0.1) is 57.3 Å². The lowest BCUT2D eigenvalue weighted by molar-refractivity contribution is -0.0281. The Morgan fingerprint density at radius 3 is 2.60 bits per heavy atom. The second kappa shape index (κ2) is 15.3. The Bertz CT molecular complexity index is 1680. The molecule has 4 N–H and O–H groups in total. The van der Waals surface area contributed by atoms with Crippen LogP contribution in [0.4, 0.5) is 0 Å². The van der Waals surface area contributed by atoms with Crippen molar-refractivity contribution in [2.45, 2.75) is 48.6 Å². The van der Waals surface area contributed by atoms with E-state index in [0.717, 1.165) is 16.7 Å². The van der Waals surface area contributed by atoms with Crippen LogP contribution in [0.15, 0.2) is 66.9 Å². The van der Waals surface area contributed by atoms with E-state index in [1.165, 1.54) is 7.11 Å². The summed E-state index contributed by atoms with van der Waals surface area (Å²) in [6.07, 6.45) is 7.22. The number of carbonyl (C=O) groups excluding carboxylic acids is 1. The van der Waals surface area contributed by atoms with Gasteiger partial charge in [-0.2, -0.15) is 0 Å². The van der Waals surface area contributed by atoms with Crippen molar-refractivity contribution < 1.29 is 28.8 Å². The second-order valence-corrected chi connectivity index (χ2v) is 12.8. The number of halogens is 2. The molecule has 48 heavy (non-hydrogen) atoms. The van der Waals surface area contributed by atoms with Crippen LogP contribution in [0.5, 0.6) is 11.6 Å². The highest BCUT2D eigenvalue weighted by atomic mass is 35.5. The van der Waals surface area contributed by atoms with E-state index >= 15 is 0 Å². The Morgan fingerprint density at radius 2 is 1.88 bits per heavy atom. The van der Waals surface area contributed by atoms with E-state index in [9.17, 15) is 9.90 Å². The molecular weight excluding hydrogens is 657 g/mol. The molecule has 3 aromatic rings. The number of hydrogen-bond acceptors (Lipinski definition) is 10. The number of amides is 1. The van der Waals surface area contributed by atoms with Crippen LogP contribution in [0.1, 0.15) is 39.3 Å². The zero-order chi connectivity index (χ0) is 33.7. The number of methoxy groups -OCH3 is 2. The summed E-state index contributed by atoms with van der Waals surface area (Å²) >= 11 is 14.0. The number of ether oxygens (including phenoxy) is 4. The first kappa shape index (κ1) is 34.3. The largest absolute Gasteiger partial charge is 0.496 e. The van der Waals surface area contributed by atoms with Gasteiger partial charge >= 0.3 is 0 Å². The van der Waals surface area contributed by atoms with Gasteiger partial charge in [-0.3, -0.25) is 9.78 Å².